The van der Waals surface area contributed by atoms with Crippen LogP contribution in [0.3, 0.4) is 0 Å². The van der Waals surface area contributed by atoms with Gasteiger partial charge in [0.1, 0.15) is 0 Å². The molecule has 0 aliphatic heterocycles. The number of benzene rings is 1. The van der Waals surface area contributed by atoms with Crippen LogP contribution in [-0.4, -0.2) is 12.6 Å². The van der Waals surface area contributed by atoms with E-state index in [9.17, 15) is 4.79 Å². The third-order valence-corrected chi connectivity index (χ3v) is 1.96. The summed E-state index contributed by atoms with van der Waals surface area (Å²) in [7, 11) is 0. The minimum Gasteiger partial charge on any atom is -0.462 e. The Hall–Kier alpha value is -1.75. The normalized spacial score (nSPS) is 9.27. The van der Waals surface area contributed by atoms with Crippen LogP contribution in [0.5, 0.6) is 0 Å². The SMILES string of the molecule is C#CCCCCOC(=O)c1ccccc1. The number of carbonyl (C=O) groups is 1. The molecule has 1 rings (SSSR count). The van der Waals surface area contributed by atoms with Gasteiger partial charge in [0.15, 0.2) is 0 Å². The van der Waals surface area contributed by atoms with E-state index in [1.165, 1.54) is 0 Å². The van der Waals surface area contributed by atoms with Gasteiger partial charge in [-0.05, 0) is 25.0 Å². The van der Waals surface area contributed by atoms with Crippen molar-refractivity contribution in [3.05, 3.63) is 35.9 Å². The number of esters is 1. The minimum absolute atomic E-state index is 0.267. The molecule has 0 fully saturated rings. The molecule has 2 heteroatoms. The van der Waals surface area contributed by atoms with E-state index in [2.05, 4.69) is 5.92 Å². The van der Waals surface area contributed by atoms with Crippen LogP contribution in [-0.2, 0) is 4.74 Å². The molecule has 0 heterocycles. The van der Waals surface area contributed by atoms with E-state index in [0.717, 1.165) is 19.3 Å². The van der Waals surface area contributed by atoms with Gasteiger partial charge in [0.05, 0.1) is 12.2 Å². The Morgan fingerprint density at radius 2 is 2.00 bits per heavy atom. The van der Waals surface area contributed by atoms with Crippen LogP contribution in [0.2, 0.25) is 0 Å². The van der Waals surface area contributed by atoms with Gasteiger partial charge in [-0.2, -0.15) is 0 Å². The summed E-state index contributed by atoms with van der Waals surface area (Å²) in [4.78, 5) is 11.4. The topological polar surface area (TPSA) is 26.3 Å². The highest BCUT2D eigenvalue weighted by Crippen LogP contribution is 2.02. The summed E-state index contributed by atoms with van der Waals surface area (Å²) in [5.74, 6) is 2.28. The van der Waals surface area contributed by atoms with Crippen LogP contribution in [0.15, 0.2) is 30.3 Å². The maximum atomic E-state index is 11.4. The van der Waals surface area contributed by atoms with Crippen molar-refractivity contribution in [1.29, 1.82) is 0 Å². The Morgan fingerprint density at radius 1 is 1.27 bits per heavy atom. The average Bonchev–Trinajstić information content (AvgIpc) is 2.30. The molecule has 0 aliphatic rings. The standard InChI is InChI=1S/C13H14O2/c1-2-3-4-8-11-15-13(14)12-9-6-5-7-10-12/h1,5-7,9-10H,3-4,8,11H2. The van der Waals surface area contributed by atoms with Crippen molar-refractivity contribution in [3.63, 3.8) is 0 Å². The summed E-state index contributed by atoms with van der Waals surface area (Å²) in [6.07, 6.45) is 7.57. The van der Waals surface area contributed by atoms with E-state index in [-0.39, 0.29) is 5.97 Å². The first-order valence-corrected chi connectivity index (χ1v) is 5.00. The molecule has 0 saturated heterocycles. The summed E-state index contributed by atoms with van der Waals surface area (Å²) in [6, 6.07) is 8.97. The molecule has 0 aliphatic carbocycles. The average molecular weight is 202 g/mol. The largest absolute Gasteiger partial charge is 0.462 e. The maximum absolute atomic E-state index is 11.4. The molecule has 0 spiro atoms. The zero-order valence-corrected chi connectivity index (χ0v) is 8.61. The second-order valence-electron chi connectivity index (χ2n) is 3.16. The molecule has 0 unspecified atom stereocenters. The summed E-state index contributed by atoms with van der Waals surface area (Å²) in [5, 5.41) is 0. The number of rotatable bonds is 5. The molecule has 0 bridgehead atoms. The van der Waals surface area contributed by atoms with Gasteiger partial charge in [-0.15, -0.1) is 12.3 Å². The fraction of sp³-hybridized carbons (Fsp3) is 0.308. The van der Waals surface area contributed by atoms with E-state index in [0.29, 0.717) is 12.2 Å². The van der Waals surface area contributed by atoms with Crippen LogP contribution in [0.1, 0.15) is 29.6 Å². The fourth-order valence-electron chi connectivity index (χ4n) is 1.15. The lowest BCUT2D eigenvalue weighted by Crippen LogP contribution is -2.05. The van der Waals surface area contributed by atoms with Gasteiger partial charge in [-0.25, -0.2) is 4.79 Å². The molecule has 1 aromatic rings. The molecule has 2 nitrogen and oxygen atoms in total. The smallest absolute Gasteiger partial charge is 0.338 e. The Bertz CT molecular complexity index is 335. The number of hydrogen-bond acceptors (Lipinski definition) is 2. The molecule has 0 atom stereocenters. The maximum Gasteiger partial charge on any atom is 0.338 e. The van der Waals surface area contributed by atoms with Crippen molar-refractivity contribution in [3.8, 4) is 12.3 Å². The van der Waals surface area contributed by atoms with Crippen LogP contribution in [0.4, 0.5) is 0 Å². The van der Waals surface area contributed by atoms with Gasteiger partial charge in [0, 0.05) is 6.42 Å². The molecular weight excluding hydrogens is 188 g/mol. The predicted molar refractivity (Wildman–Crippen MR) is 59.4 cm³/mol. The highest BCUT2D eigenvalue weighted by atomic mass is 16.5. The Labute approximate surface area is 90.3 Å². The zero-order valence-electron chi connectivity index (χ0n) is 8.61. The monoisotopic (exact) mass is 202 g/mol. The second-order valence-corrected chi connectivity index (χ2v) is 3.16. The molecule has 0 radical (unpaired) electrons. The number of carbonyl (C=O) groups excluding carboxylic acids is 1. The highest BCUT2D eigenvalue weighted by Gasteiger charge is 2.04. The zero-order chi connectivity index (χ0) is 10.9. The van der Waals surface area contributed by atoms with Crippen molar-refractivity contribution >= 4 is 5.97 Å². The van der Waals surface area contributed by atoms with Gasteiger partial charge in [-0.1, -0.05) is 18.2 Å². The van der Waals surface area contributed by atoms with Crippen molar-refractivity contribution in [2.45, 2.75) is 19.3 Å². The van der Waals surface area contributed by atoms with E-state index in [4.69, 9.17) is 11.2 Å². The van der Waals surface area contributed by atoms with Crippen molar-refractivity contribution in [2.75, 3.05) is 6.61 Å². The first-order chi connectivity index (χ1) is 7.34. The molecule has 78 valence electrons. The molecule has 15 heavy (non-hydrogen) atoms. The Kier molecular flexibility index (Phi) is 5.03. The van der Waals surface area contributed by atoms with E-state index in [1.807, 2.05) is 18.2 Å². The first kappa shape index (κ1) is 11.3. The fourth-order valence-corrected chi connectivity index (χ4v) is 1.15. The lowest BCUT2D eigenvalue weighted by atomic mass is 10.2. The minimum atomic E-state index is -0.267. The van der Waals surface area contributed by atoms with Crippen molar-refractivity contribution in [2.24, 2.45) is 0 Å². The van der Waals surface area contributed by atoms with Crippen LogP contribution in [0.25, 0.3) is 0 Å². The van der Waals surface area contributed by atoms with E-state index < -0.39 is 0 Å². The summed E-state index contributed by atoms with van der Waals surface area (Å²) < 4.78 is 5.07. The molecule has 0 N–H and O–H groups in total. The van der Waals surface area contributed by atoms with Crippen LogP contribution >= 0.6 is 0 Å². The van der Waals surface area contributed by atoms with Crippen LogP contribution < -0.4 is 0 Å². The summed E-state index contributed by atoms with van der Waals surface area (Å²) >= 11 is 0. The van der Waals surface area contributed by atoms with E-state index >= 15 is 0 Å². The molecular formula is C13H14O2. The lowest BCUT2D eigenvalue weighted by molar-refractivity contribution is 0.0499. The van der Waals surface area contributed by atoms with Crippen molar-refractivity contribution in [1.82, 2.24) is 0 Å². The van der Waals surface area contributed by atoms with Gasteiger partial charge in [0.2, 0.25) is 0 Å². The van der Waals surface area contributed by atoms with Gasteiger partial charge >= 0.3 is 5.97 Å². The molecule has 0 saturated carbocycles. The predicted octanol–water partition coefficient (Wildman–Crippen LogP) is 2.65. The first-order valence-electron chi connectivity index (χ1n) is 5.00. The van der Waals surface area contributed by atoms with Gasteiger partial charge in [-0.3, -0.25) is 0 Å². The summed E-state index contributed by atoms with van der Waals surface area (Å²) in [5.41, 5.74) is 0.592. The third-order valence-electron chi connectivity index (χ3n) is 1.96. The van der Waals surface area contributed by atoms with Crippen molar-refractivity contribution < 1.29 is 9.53 Å². The lowest BCUT2D eigenvalue weighted by Gasteiger charge is -2.03. The van der Waals surface area contributed by atoms with E-state index in [1.54, 1.807) is 12.1 Å². The Morgan fingerprint density at radius 3 is 2.67 bits per heavy atom. The highest BCUT2D eigenvalue weighted by molar-refractivity contribution is 5.89. The number of terminal acetylenes is 1. The molecule has 0 aromatic heterocycles. The summed E-state index contributed by atoms with van der Waals surface area (Å²) in [6.45, 7) is 0.440. The molecule has 1 aromatic carbocycles. The number of unbranched alkanes of at least 4 members (excludes halogenated alkanes) is 2. The third kappa shape index (κ3) is 4.33. The second kappa shape index (κ2) is 6.67. The van der Waals surface area contributed by atoms with Gasteiger partial charge in [0.25, 0.3) is 0 Å². The number of hydrogen-bond donors (Lipinski definition) is 0. The number of ether oxygens (including phenoxy) is 1. The van der Waals surface area contributed by atoms with Crippen LogP contribution in [0, 0.1) is 12.3 Å². The Balaban J connectivity index is 2.23. The van der Waals surface area contributed by atoms with Gasteiger partial charge < -0.3 is 4.74 Å². The molecule has 0 amide bonds. The quantitative estimate of drug-likeness (QED) is 0.417.